The summed E-state index contributed by atoms with van der Waals surface area (Å²) < 4.78 is 5.13. The summed E-state index contributed by atoms with van der Waals surface area (Å²) >= 11 is 0. The maximum absolute atomic E-state index is 11.1. The largest absolute Gasteiger partial charge is 0.497 e. The lowest BCUT2D eigenvalue weighted by molar-refractivity contribution is 0.112. The summed E-state index contributed by atoms with van der Waals surface area (Å²) in [5, 5.41) is 0.739. The second kappa shape index (κ2) is 4.53. The molecule has 0 aliphatic rings. The molecular formula is C14H11N3O2. The Kier molecular flexibility index (Phi) is 2.72. The Bertz CT molecular complexity index is 732. The Morgan fingerprint density at radius 3 is 2.68 bits per heavy atom. The van der Waals surface area contributed by atoms with Crippen molar-refractivity contribution in [3.63, 3.8) is 0 Å². The number of methoxy groups -OCH3 is 1. The number of aldehydes is 1. The van der Waals surface area contributed by atoms with E-state index in [1.165, 1.54) is 6.33 Å². The van der Waals surface area contributed by atoms with Crippen LogP contribution in [0, 0.1) is 0 Å². The van der Waals surface area contributed by atoms with Crippen molar-refractivity contribution in [1.29, 1.82) is 0 Å². The van der Waals surface area contributed by atoms with Crippen molar-refractivity contribution in [2.24, 2.45) is 0 Å². The first-order valence-electron chi connectivity index (χ1n) is 5.75. The average Bonchev–Trinajstić information content (AvgIpc) is 2.90. The molecule has 0 atom stereocenters. The zero-order valence-electron chi connectivity index (χ0n) is 10.3. The molecule has 0 unspecified atom stereocenters. The third-order valence-electron chi connectivity index (χ3n) is 2.99. The zero-order chi connectivity index (χ0) is 13.2. The van der Waals surface area contributed by atoms with Crippen LogP contribution in [0.2, 0.25) is 0 Å². The molecule has 0 fully saturated rings. The second-order valence-electron chi connectivity index (χ2n) is 4.04. The molecule has 5 heteroatoms. The van der Waals surface area contributed by atoms with E-state index in [2.05, 4.69) is 15.0 Å². The number of carbonyl (C=O) groups is 1. The molecule has 94 valence electrons. The van der Waals surface area contributed by atoms with Gasteiger partial charge in [-0.3, -0.25) is 4.79 Å². The molecule has 0 saturated heterocycles. The van der Waals surface area contributed by atoms with Crippen molar-refractivity contribution in [2.45, 2.75) is 0 Å². The molecule has 0 radical (unpaired) electrons. The van der Waals surface area contributed by atoms with Gasteiger partial charge >= 0.3 is 0 Å². The van der Waals surface area contributed by atoms with E-state index in [0.717, 1.165) is 28.7 Å². The first-order chi connectivity index (χ1) is 9.33. The molecular weight excluding hydrogens is 242 g/mol. The number of nitrogens with zero attached hydrogens (tertiary/aromatic N) is 2. The highest BCUT2D eigenvalue weighted by molar-refractivity contribution is 6.03. The molecule has 0 aliphatic heterocycles. The molecule has 0 spiro atoms. The molecule has 3 rings (SSSR count). The first-order valence-corrected chi connectivity index (χ1v) is 5.75. The quantitative estimate of drug-likeness (QED) is 0.728. The van der Waals surface area contributed by atoms with Crippen molar-refractivity contribution in [2.75, 3.05) is 7.11 Å². The Balaban J connectivity index is 2.23. The molecule has 0 amide bonds. The van der Waals surface area contributed by atoms with Gasteiger partial charge < -0.3 is 9.72 Å². The fraction of sp³-hybridized carbons (Fsp3) is 0.0714. The summed E-state index contributed by atoms with van der Waals surface area (Å²) in [4.78, 5) is 22.4. The molecule has 19 heavy (non-hydrogen) atoms. The van der Waals surface area contributed by atoms with Gasteiger partial charge in [0.15, 0.2) is 6.29 Å². The highest BCUT2D eigenvalue weighted by Crippen LogP contribution is 2.28. The SMILES string of the molecule is COc1ccc(-c2ncnc3[nH]cc(C=O)c23)cc1. The van der Waals surface area contributed by atoms with Crippen molar-refractivity contribution >= 4 is 17.3 Å². The summed E-state index contributed by atoms with van der Waals surface area (Å²) in [6, 6.07) is 7.53. The smallest absolute Gasteiger partial charge is 0.152 e. The molecule has 5 nitrogen and oxygen atoms in total. The van der Waals surface area contributed by atoms with Crippen LogP contribution >= 0.6 is 0 Å². The van der Waals surface area contributed by atoms with Gasteiger partial charge in [-0.15, -0.1) is 0 Å². The number of H-pyrrole nitrogens is 1. The van der Waals surface area contributed by atoms with E-state index < -0.39 is 0 Å². The summed E-state index contributed by atoms with van der Waals surface area (Å²) in [5.41, 5.74) is 2.86. The lowest BCUT2D eigenvalue weighted by Crippen LogP contribution is -1.90. The molecule has 1 aromatic carbocycles. The average molecular weight is 253 g/mol. The molecule has 1 N–H and O–H groups in total. The Labute approximate surface area is 109 Å². The highest BCUT2D eigenvalue weighted by Gasteiger charge is 2.12. The van der Waals surface area contributed by atoms with E-state index >= 15 is 0 Å². The van der Waals surface area contributed by atoms with Gasteiger partial charge in [-0.25, -0.2) is 9.97 Å². The number of nitrogens with one attached hydrogen (secondary N) is 1. The number of aromatic nitrogens is 3. The van der Waals surface area contributed by atoms with Crippen LogP contribution in [0.3, 0.4) is 0 Å². The third kappa shape index (κ3) is 1.85. The maximum Gasteiger partial charge on any atom is 0.152 e. The van der Waals surface area contributed by atoms with Crippen LogP contribution in [0.5, 0.6) is 5.75 Å². The molecule has 2 heterocycles. The molecule has 0 aliphatic carbocycles. The molecule has 3 aromatic rings. The first kappa shape index (κ1) is 11.4. The lowest BCUT2D eigenvalue weighted by Gasteiger charge is -2.04. The van der Waals surface area contributed by atoms with E-state index in [9.17, 15) is 4.79 Å². The monoisotopic (exact) mass is 253 g/mol. The number of hydrogen-bond donors (Lipinski definition) is 1. The van der Waals surface area contributed by atoms with Gasteiger partial charge in [0, 0.05) is 17.3 Å². The van der Waals surface area contributed by atoms with Gasteiger partial charge in [0.25, 0.3) is 0 Å². The minimum atomic E-state index is 0.557. The van der Waals surface area contributed by atoms with E-state index in [0.29, 0.717) is 11.2 Å². The van der Waals surface area contributed by atoms with Crippen molar-refractivity contribution < 1.29 is 9.53 Å². The maximum atomic E-state index is 11.1. The Morgan fingerprint density at radius 2 is 2.00 bits per heavy atom. The summed E-state index contributed by atoms with van der Waals surface area (Å²) in [6.45, 7) is 0. The van der Waals surface area contributed by atoms with E-state index in [-0.39, 0.29) is 0 Å². The van der Waals surface area contributed by atoms with Crippen molar-refractivity contribution in [3.8, 4) is 17.0 Å². The Hall–Kier alpha value is -2.69. The van der Waals surface area contributed by atoms with Gasteiger partial charge in [0.2, 0.25) is 0 Å². The zero-order valence-corrected chi connectivity index (χ0v) is 10.3. The van der Waals surface area contributed by atoms with Gasteiger partial charge in [-0.1, -0.05) is 0 Å². The standard InChI is InChI=1S/C14H11N3O2/c1-19-11-4-2-9(3-5-11)13-12-10(7-18)6-15-14(12)17-8-16-13/h2-8H,1H3,(H,15,16,17). The van der Waals surface area contributed by atoms with Gasteiger partial charge in [-0.05, 0) is 24.3 Å². The fourth-order valence-electron chi connectivity index (χ4n) is 2.05. The van der Waals surface area contributed by atoms with Gasteiger partial charge in [0.05, 0.1) is 18.2 Å². The van der Waals surface area contributed by atoms with Crippen molar-refractivity contribution in [3.05, 3.63) is 42.4 Å². The summed E-state index contributed by atoms with van der Waals surface area (Å²) in [7, 11) is 1.62. The van der Waals surface area contributed by atoms with Crippen LogP contribution in [-0.4, -0.2) is 28.3 Å². The number of carbonyl (C=O) groups excluding carboxylic acids is 1. The number of ether oxygens (including phenoxy) is 1. The van der Waals surface area contributed by atoms with Crippen LogP contribution in [0.1, 0.15) is 10.4 Å². The second-order valence-corrected chi connectivity index (χ2v) is 4.04. The number of aromatic amines is 1. The fourth-order valence-corrected chi connectivity index (χ4v) is 2.05. The molecule has 0 bridgehead atoms. The van der Waals surface area contributed by atoms with E-state index in [1.54, 1.807) is 13.3 Å². The summed E-state index contributed by atoms with van der Waals surface area (Å²) in [5.74, 6) is 0.777. The third-order valence-corrected chi connectivity index (χ3v) is 2.99. The Morgan fingerprint density at radius 1 is 1.21 bits per heavy atom. The van der Waals surface area contributed by atoms with Crippen molar-refractivity contribution in [1.82, 2.24) is 15.0 Å². The van der Waals surface area contributed by atoms with Gasteiger partial charge in [0.1, 0.15) is 17.7 Å². The predicted octanol–water partition coefficient (Wildman–Crippen LogP) is 2.45. The van der Waals surface area contributed by atoms with Crippen LogP contribution in [0.25, 0.3) is 22.3 Å². The van der Waals surface area contributed by atoms with Crippen LogP contribution < -0.4 is 4.74 Å². The van der Waals surface area contributed by atoms with Gasteiger partial charge in [-0.2, -0.15) is 0 Å². The number of fused-ring (bicyclic) bond motifs is 1. The number of benzene rings is 1. The molecule has 0 saturated carbocycles. The van der Waals surface area contributed by atoms with E-state index in [4.69, 9.17) is 4.74 Å². The number of hydrogen-bond acceptors (Lipinski definition) is 4. The lowest BCUT2D eigenvalue weighted by atomic mass is 10.1. The number of rotatable bonds is 3. The van der Waals surface area contributed by atoms with Crippen LogP contribution in [0.15, 0.2) is 36.8 Å². The predicted molar refractivity (Wildman–Crippen MR) is 71.3 cm³/mol. The minimum Gasteiger partial charge on any atom is -0.497 e. The highest BCUT2D eigenvalue weighted by atomic mass is 16.5. The van der Waals surface area contributed by atoms with Crippen LogP contribution in [0.4, 0.5) is 0 Å². The van der Waals surface area contributed by atoms with E-state index in [1.807, 2.05) is 24.3 Å². The molecule has 2 aromatic heterocycles. The minimum absolute atomic E-state index is 0.557. The topological polar surface area (TPSA) is 67.9 Å². The summed E-state index contributed by atoms with van der Waals surface area (Å²) in [6.07, 6.45) is 3.92. The normalized spacial score (nSPS) is 10.6. The van der Waals surface area contributed by atoms with Crippen LogP contribution in [-0.2, 0) is 0 Å².